The summed E-state index contributed by atoms with van der Waals surface area (Å²) in [4.78, 5) is 38.2. The number of nitrogens with zero attached hydrogens (tertiary/aromatic N) is 4. The quantitative estimate of drug-likeness (QED) is 0.341. The minimum absolute atomic E-state index is 0.0868. The first-order valence-electron chi connectivity index (χ1n) is 14.6. The summed E-state index contributed by atoms with van der Waals surface area (Å²) in [7, 11) is 5.10. The van der Waals surface area contributed by atoms with Crippen molar-refractivity contribution in [2.75, 3.05) is 65.5 Å². The monoisotopic (exact) mass is 613 g/mol. The van der Waals surface area contributed by atoms with Crippen LogP contribution in [0.1, 0.15) is 30.6 Å². The lowest BCUT2D eigenvalue weighted by molar-refractivity contribution is -0.227. The molecule has 10 nitrogen and oxygen atoms in total. The van der Waals surface area contributed by atoms with Gasteiger partial charge in [-0.2, -0.15) is 0 Å². The van der Waals surface area contributed by atoms with E-state index in [1.165, 1.54) is 31.6 Å². The molecule has 3 aliphatic rings. The van der Waals surface area contributed by atoms with E-state index >= 15 is 4.39 Å². The van der Waals surface area contributed by atoms with Gasteiger partial charge in [-0.3, -0.25) is 9.59 Å². The number of benzene rings is 1. The smallest absolute Gasteiger partial charge is 0.252 e. The number of terminal acetylenes is 1. The number of hydrogen-bond donors (Lipinski definition) is 1. The number of likely N-dealkylation sites (N-methyl/N-ethyl adjacent to an activating group) is 1. The van der Waals surface area contributed by atoms with Gasteiger partial charge in [-0.15, -0.1) is 17.8 Å². The average Bonchev–Trinajstić information content (AvgIpc) is 3.72. The molecule has 1 aromatic carbocycles. The molecule has 0 aliphatic carbocycles. The highest BCUT2D eigenvalue weighted by atomic mass is 32.1. The normalized spacial score (nSPS) is 24.2. The number of carbonyl (C=O) groups excluding carboxylic acids is 2. The fraction of sp³-hybridized carbons (Fsp3) is 0.581. The number of rotatable bonds is 9. The summed E-state index contributed by atoms with van der Waals surface area (Å²) in [6.07, 6.45) is 5.71. The minimum atomic E-state index is -1.17. The van der Waals surface area contributed by atoms with E-state index in [0.717, 1.165) is 31.3 Å². The lowest BCUT2D eigenvalue weighted by Crippen LogP contribution is -2.58. The topological polar surface area (TPSA) is 96.5 Å². The lowest BCUT2D eigenvalue weighted by atomic mass is 9.98. The Hall–Kier alpha value is -3.08. The number of halogens is 1. The second kappa shape index (κ2) is 12.9. The van der Waals surface area contributed by atoms with Crippen LogP contribution in [0.5, 0.6) is 0 Å². The van der Waals surface area contributed by atoms with Gasteiger partial charge in [-0.05, 0) is 37.6 Å². The first kappa shape index (κ1) is 31.3. The Morgan fingerprint density at radius 1 is 1.26 bits per heavy atom. The van der Waals surface area contributed by atoms with E-state index in [-0.39, 0.29) is 36.5 Å². The van der Waals surface area contributed by atoms with Crippen molar-refractivity contribution in [1.29, 1.82) is 0 Å². The van der Waals surface area contributed by atoms with Crippen LogP contribution >= 0.6 is 11.3 Å². The van der Waals surface area contributed by atoms with Crippen LogP contribution in [-0.4, -0.2) is 111 Å². The van der Waals surface area contributed by atoms with E-state index in [9.17, 15) is 9.59 Å². The standard InChI is InChI=1S/C31H40FN5O5S/c1-7-20-16-37(27-26(20)42-18-31(27,40-5)41-6)29(39)24(14-19(2)3)33-28(38)21-8-9-22(23(32)15-21)25-17-43-30(34-25)36-12-10-35(4)11-13-36/h1,8-9,15,17,19-20,24,26-27H,10-14,16,18H2,2-6H3,(H,33,38)/t20-,24+,26-,27+/m1/s1. The molecule has 12 heteroatoms. The Bertz CT molecular complexity index is 1370. The van der Waals surface area contributed by atoms with Gasteiger partial charge in [0.2, 0.25) is 11.7 Å². The highest BCUT2D eigenvalue weighted by Crippen LogP contribution is 2.41. The van der Waals surface area contributed by atoms with Crippen molar-refractivity contribution in [1.82, 2.24) is 20.1 Å². The number of likely N-dealkylation sites (tertiary alicyclic amines) is 1. The number of anilines is 1. The molecule has 0 saturated carbocycles. The van der Waals surface area contributed by atoms with Crippen molar-refractivity contribution in [2.45, 2.75) is 44.2 Å². The largest absolute Gasteiger partial charge is 0.369 e. The maximum absolute atomic E-state index is 15.4. The fourth-order valence-corrected chi connectivity index (χ4v) is 7.05. The molecule has 3 aliphatic heterocycles. The summed E-state index contributed by atoms with van der Waals surface area (Å²) in [5, 5.41) is 5.55. The van der Waals surface area contributed by atoms with Gasteiger partial charge in [0, 0.05) is 63.5 Å². The van der Waals surface area contributed by atoms with Crippen LogP contribution in [-0.2, 0) is 19.0 Å². The molecular weight excluding hydrogens is 573 g/mol. The molecular formula is C31H40FN5O5S. The molecule has 0 unspecified atom stereocenters. The molecule has 43 heavy (non-hydrogen) atoms. The van der Waals surface area contributed by atoms with E-state index < -0.39 is 35.7 Å². The van der Waals surface area contributed by atoms with Gasteiger partial charge in [-0.25, -0.2) is 9.37 Å². The van der Waals surface area contributed by atoms with Gasteiger partial charge in [0.25, 0.3) is 5.91 Å². The molecule has 3 saturated heterocycles. The summed E-state index contributed by atoms with van der Waals surface area (Å²) in [5.41, 5.74) is 0.968. The number of carbonyl (C=O) groups is 2. The van der Waals surface area contributed by atoms with Gasteiger partial charge in [0.05, 0.1) is 17.7 Å². The van der Waals surface area contributed by atoms with Crippen molar-refractivity contribution in [3.63, 3.8) is 0 Å². The Morgan fingerprint density at radius 3 is 2.60 bits per heavy atom. The van der Waals surface area contributed by atoms with E-state index in [1.54, 1.807) is 17.0 Å². The van der Waals surface area contributed by atoms with Crippen LogP contribution in [0.25, 0.3) is 11.3 Å². The number of amides is 2. The number of thiazole rings is 1. The van der Waals surface area contributed by atoms with E-state index in [0.29, 0.717) is 17.7 Å². The number of aromatic nitrogens is 1. The zero-order chi connectivity index (χ0) is 30.9. The Morgan fingerprint density at radius 2 is 1.98 bits per heavy atom. The van der Waals surface area contributed by atoms with Gasteiger partial charge in [0.15, 0.2) is 5.13 Å². The number of hydrogen-bond acceptors (Lipinski definition) is 9. The Balaban J connectivity index is 1.33. The van der Waals surface area contributed by atoms with Crippen molar-refractivity contribution in [3.05, 3.63) is 35.0 Å². The third-order valence-corrected chi connectivity index (χ3v) is 9.54. The second-order valence-corrected chi connectivity index (χ2v) is 12.7. The number of nitrogens with one attached hydrogen (secondary N) is 1. The minimum Gasteiger partial charge on any atom is -0.369 e. The summed E-state index contributed by atoms with van der Waals surface area (Å²) in [6, 6.07) is 2.88. The predicted molar refractivity (Wildman–Crippen MR) is 162 cm³/mol. The van der Waals surface area contributed by atoms with Gasteiger partial charge in [-0.1, -0.05) is 19.8 Å². The van der Waals surface area contributed by atoms with Gasteiger partial charge < -0.3 is 34.2 Å². The summed E-state index contributed by atoms with van der Waals surface area (Å²) < 4.78 is 32.7. The van der Waals surface area contributed by atoms with E-state index in [2.05, 4.69) is 33.1 Å². The van der Waals surface area contributed by atoms with Crippen LogP contribution in [0.3, 0.4) is 0 Å². The van der Waals surface area contributed by atoms with Crippen molar-refractivity contribution < 1.29 is 28.2 Å². The number of methoxy groups -OCH3 is 2. The first-order chi connectivity index (χ1) is 20.6. The summed E-state index contributed by atoms with van der Waals surface area (Å²) >= 11 is 1.48. The third-order valence-electron chi connectivity index (χ3n) is 8.64. The molecule has 4 atom stereocenters. The SMILES string of the molecule is C#C[C@@H]1CN(C(=O)[C@H](CC(C)C)NC(=O)c2ccc(-c3csc(N4CCN(C)CC4)n3)c(F)c2)[C@H]2[C@@H]1OCC2(OC)OC. The molecule has 1 N–H and O–H groups in total. The van der Waals surface area contributed by atoms with E-state index in [1.807, 2.05) is 19.2 Å². The Kier molecular flexibility index (Phi) is 9.39. The van der Waals surface area contributed by atoms with Crippen LogP contribution in [0.4, 0.5) is 9.52 Å². The van der Waals surface area contributed by atoms with Crippen molar-refractivity contribution >= 4 is 28.3 Å². The zero-order valence-electron chi connectivity index (χ0n) is 25.3. The van der Waals surface area contributed by atoms with Crippen LogP contribution in [0, 0.1) is 30.0 Å². The third kappa shape index (κ3) is 6.14. The maximum atomic E-state index is 15.4. The highest BCUT2D eigenvalue weighted by molar-refractivity contribution is 7.14. The molecule has 2 aromatic rings. The molecule has 0 spiro atoms. The van der Waals surface area contributed by atoms with Crippen molar-refractivity contribution in [2.24, 2.45) is 11.8 Å². The molecule has 4 heterocycles. The molecule has 0 radical (unpaired) electrons. The summed E-state index contributed by atoms with van der Waals surface area (Å²) in [5.74, 6) is -0.106. The van der Waals surface area contributed by atoms with Crippen LogP contribution in [0.2, 0.25) is 0 Å². The molecule has 5 rings (SSSR count). The van der Waals surface area contributed by atoms with Gasteiger partial charge >= 0.3 is 0 Å². The molecule has 3 fully saturated rings. The molecule has 2 amide bonds. The molecule has 232 valence electrons. The lowest BCUT2D eigenvalue weighted by Gasteiger charge is -2.37. The van der Waals surface area contributed by atoms with E-state index in [4.69, 9.17) is 20.6 Å². The van der Waals surface area contributed by atoms with Crippen LogP contribution < -0.4 is 10.2 Å². The fourth-order valence-electron chi connectivity index (χ4n) is 6.17. The van der Waals surface area contributed by atoms with Crippen LogP contribution in [0.15, 0.2) is 23.6 Å². The number of fused-ring (bicyclic) bond motifs is 1. The number of ether oxygens (including phenoxy) is 3. The first-order valence-corrected chi connectivity index (χ1v) is 15.5. The molecule has 0 bridgehead atoms. The summed E-state index contributed by atoms with van der Waals surface area (Å²) in [6.45, 7) is 7.94. The zero-order valence-corrected chi connectivity index (χ0v) is 26.2. The maximum Gasteiger partial charge on any atom is 0.252 e. The Labute approximate surface area is 256 Å². The number of piperazine rings is 1. The second-order valence-electron chi connectivity index (χ2n) is 11.9. The average molecular weight is 614 g/mol. The van der Waals surface area contributed by atoms with Crippen molar-refractivity contribution in [3.8, 4) is 23.6 Å². The predicted octanol–water partition coefficient (Wildman–Crippen LogP) is 2.69. The molecule has 1 aromatic heterocycles. The van der Waals surface area contributed by atoms with Gasteiger partial charge in [0.1, 0.15) is 24.5 Å². The highest BCUT2D eigenvalue weighted by Gasteiger charge is 2.61.